The summed E-state index contributed by atoms with van der Waals surface area (Å²) in [5.74, 6) is 0.716. The van der Waals surface area contributed by atoms with E-state index < -0.39 is 9.84 Å². The van der Waals surface area contributed by atoms with Crippen molar-refractivity contribution in [2.75, 3.05) is 28.4 Å². The fourth-order valence-corrected chi connectivity index (χ4v) is 5.70. The fraction of sp³-hybridized carbons (Fsp3) is 0.421. The molecule has 2 unspecified atom stereocenters. The molecule has 1 aromatic carbocycles. The number of carbonyl (C=O) groups excluding carboxylic acids is 1. The third-order valence-electron chi connectivity index (χ3n) is 5.42. The average Bonchev–Trinajstić information content (AvgIpc) is 3.19. The minimum Gasteiger partial charge on any atom is -0.356 e. The minimum atomic E-state index is -2.99. The maximum Gasteiger partial charge on any atom is 0.277 e. The zero-order valence-corrected chi connectivity index (χ0v) is 16.2. The highest BCUT2D eigenvalue weighted by Crippen LogP contribution is 2.33. The smallest absolute Gasteiger partial charge is 0.277 e. The largest absolute Gasteiger partial charge is 0.356 e. The Bertz CT molecular complexity index is 992. The summed E-state index contributed by atoms with van der Waals surface area (Å²) in [6, 6.07) is 9.49. The van der Waals surface area contributed by atoms with Crippen molar-refractivity contribution in [2.45, 2.75) is 31.8 Å². The first-order valence-corrected chi connectivity index (χ1v) is 10.8. The van der Waals surface area contributed by atoms with Gasteiger partial charge in [0.2, 0.25) is 0 Å². The molecule has 1 saturated heterocycles. The van der Waals surface area contributed by atoms with E-state index >= 15 is 0 Å². The van der Waals surface area contributed by atoms with Crippen LogP contribution >= 0.6 is 0 Å². The quantitative estimate of drug-likeness (QED) is 0.798. The lowest BCUT2D eigenvalue weighted by Crippen LogP contribution is -2.37. The number of hydrogen-bond acceptors (Lipinski definition) is 6. The van der Waals surface area contributed by atoms with Crippen LogP contribution < -0.4 is 9.80 Å². The van der Waals surface area contributed by atoms with Gasteiger partial charge in [-0.1, -0.05) is 18.2 Å². The maximum atomic E-state index is 13.1. The molecule has 0 saturated carbocycles. The second kappa shape index (κ2) is 6.60. The average molecular weight is 386 g/mol. The number of nitrogens with zero attached hydrogens (tertiary/aromatic N) is 4. The Morgan fingerprint density at radius 3 is 2.78 bits per heavy atom. The normalized spacial score (nSPS) is 23.3. The van der Waals surface area contributed by atoms with Gasteiger partial charge in [-0.25, -0.2) is 18.4 Å². The zero-order chi connectivity index (χ0) is 19.2. The summed E-state index contributed by atoms with van der Waals surface area (Å²) in [6.07, 6.45) is 2.76. The van der Waals surface area contributed by atoms with Gasteiger partial charge in [-0.3, -0.25) is 4.79 Å². The van der Waals surface area contributed by atoms with Crippen molar-refractivity contribution in [2.24, 2.45) is 0 Å². The molecule has 4 rings (SSSR count). The lowest BCUT2D eigenvalue weighted by molar-refractivity contribution is 0.0976. The minimum absolute atomic E-state index is 0.0611. The molecule has 2 aromatic rings. The van der Waals surface area contributed by atoms with Crippen molar-refractivity contribution in [3.05, 3.63) is 47.9 Å². The third kappa shape index (κ3) is 3.29. The SMILES string of the molecule is CC1Cc2ccccc2N1C(=O)c1cc(N(C)C2CCS(=O)(=O)C2)ncn1. The first-order chi connectivity index (χ1) is 12.9. The second-order valence-corrected chi connectivity index (χ2v) is 9.51. The molecule has 1 fully saturated rings. The van der Waals surface area contributed by atoms with Crippen molar-refractivity contribution in [1.29, 1.82) is 0 Å². The third-order valence-corrected chi connectivity index (χ3v) is 7.17. The topological polar surface area (TPSA) is 83.5 Å². The van der Waals surface area contributed by atoms with Crippen LogP contribution in [-0.2, 0) is 16.3 Å². The number of anilines is 2. The lowest BCUT2D eigenvalue weighted by Gasteiger charge is -2.25. The number of sulfone groups is 1. The highest BCUT2D eigenvalue weighted by Gasteiger charge is 2.34. The van der Waals surface area contributed by atoms with Crippen LogP contribution in [-0.4, -0.2) is 54.9 Å². The standard InChI is InChI=1S/C19H22N4O3S/c1-13-9-14-5-3-4-6-17(14)23(13)19(24)16-10-18(21-12-20-16)22(2)15-7-8-27(25,26)11-15/h3-6,10,12-13,15H,7-9,11H2,1-2H3. The summed E-state index contributed by atoms with van der Waals surface area (Å²) in [5, 5.41) is 0. The van der Waals surface area contributed by atoms with E-state index in [1.54, 1.807) is 11.0 Å². The molecule has 2 aliphatic rings. The van der Waals surface area contributed by atoms with E-state index in [-0.39, 0.29) is 29.5 Å². The summed E-state index contributed by atoms with van der Waals surface area (Å²) in [6.45, 7) is 2.02. The van der Waals surface area contributed by atoms with E-state index in [2.05, 4.69) is 9.97 Å². The molecule has 0 spiro atoms. The van der Waals surface area contributed by atoms with E-state index in [0.717, 1.165) is 17.7 Å². The fourth-order valence-electron chi connectivity index (χ4n) is 3.92. The molecule has 27 heavy (non-hydrogen) atoms. The Hall–Kier alpha value is -2.48. The van der Waals surface area contributed by atoms with E-state index in [4.69, 9.17) is 0 Å². The lowest BCUT2D eigenvalue weighted by atomic mass is 10.1. The molecule has 8 heteroatoms. The van der Waals surface area contributed by atoms with E-state index in [0.29, 0.717) is 17.9 Å². The van der Waals surface area contributed by atoms with E-state index in [1.165, 1.54) is 6.33 Å². The Kier molecular flexibility index (Phi) is 4.38. The molecule has 0 aliphatic carbocycles. The van der Waals surface area contributed by atoms with Crippen molar-refractivity contribution in [3.8, 4) is 0 Å². The van der Waals surface area contributed by atoms with Gasteiger partial charge in [0.1, 0.15) is 17.8 Å². The van der Waals surface area contributed by atoms with Gasteiger partial charge >= 0.3 is 0 Å². The van der Waals surface area contributed by atoms with Crippen LogP contribution in [0.1, 0.15) is 29.4 Å². The highest BCUT2D eigenvalue weighted by atomic mass is 32.2. The maximum absolute atomic E-state index is 13.1. The number of amides is 1. The number of fused-ring (bicyclic) bond motifs is 1. The highest BCUT2D eigenvalue weighted by molar-refractivity contribution is 7.91. The van der Waals surface area contributed by atoms with Crippen LogP contribution in [0.5, 0.6) is 0 Å². The number of benzene rings is 1. The summed E-state index contributed by atoms with van der Waals surface area (Å²) in [4.78, 5) is 25.2. The van der Waals surface area contributed by atoms with E-state index in [9.17, 15) is 13.2 Å². The van der Waals surface area contributed by atoms with Crippen LogP contribution in [0.3, 0.4) is 0 Å². The summed E-state index contributed by atoms with van der Waals surface area (Å²) in [7, 11) is -1.17. The van der Waals surface area contributed by atoms with Gasteiger partial charge < -0.3 is 9.80 Å². The van der Waals surface area contributed by atoms with Gasteiger partial charge in [0.25, 0.3) is 5.91 Å². The van der Waals surface area contributed by atoms with Crippen molar-refractivity contribution >= 4 is 27.2 Å². The first-order valence-electron chi connectivity index (χ1n) is 9.02. The molecule has 0 N–H and O–H groups in total. The molecule has 1 amide bonds. The molecule has 0 bridgehead atoms. The Morgan fingerprint density at radius 1 is 1.26 bits per heavy atom. The molecule has 0 radical (unpaired) electrons. The first kappa shape index (κ1) is 17.9. The van der Waals surface area contributed by atoms with Crippen molar-refractivity contribution in [3.63, 3.8) is 0 Å². The van der Waals surface area contributed by atoms with E-state index in [1.807, 2.05) is 43.1 Å². The van der Waals surface area contributed by atoms with Crippen LogP contribution in [0, 0.1) is 0 Å². The van der Waals surface area contributed by atoms with Gasteiger partial charge in [-0.05, 0) is 31.4 Å². The van der Waals surface area contributed by atoms with Crippen LogP contribution in [0.2, 0.25) is 0 Å². The molecule has 1 aromatic heterocycles. The predicted molar refractivity (Wildman–Crippen MR) is 104 cm³/mol. The van der Waals surface area contributed by atoms with Crippen molar-refractivity contribution in [1.82, 2.24) is 9.97 Å². The molecule has 3 heterocycles. The number of hydrogen-bond donors (Lipinski definition) is 0. The predicted octanol–water partition coefficient (Wildman–Crippen LogP) is 1.69. The number of carbonyl (C=O) groups is 1. The molecular weight excluding hydrogens is 364 g/mol. The van der Waals surface area contributed by atoms with Gasteiger partial charge in [-0.15, -0.1) is 0 Å². The summed E-state index contributed by atoms with van der Waals surface area (Å²) in [5.41, 5.74) is 2.39. The van der Waals surface area contributed by atoms with Gasteiger partial charge in [0.05, 0.1) is 11.5 Å². The Morgan fingerprint density at radius 2 is 2.04 bits per heavy atom. The van der Waals surface area contributed by atoms with Crippen LogP contribution in [0.4, 0.5) is 11.5 Å². The molecular formula is C19H22N4O3S. The molecule has 7 nitrogen and oxygen atoms in total. The van der Waals surface area contributed by atoms with Crippen LogP contribution in [0.25, 0.3) is 0 Å². The monoisotopic (exact) mass is 386 g/mol. The number of para-hydroxylation sites is 1. The molecule has 2 aliphatic heterocycles. The Balaban J connectivity index is 1.60. The molecule has 2 atom stereocenters. The second-order valence-electron chi connectivity index (χ2n) is 7.29. The van der Waals surface area contributed by atoms with Gasteiger partial charge in [0.15, 0.2) is 9.84 Å². The molecule has 142 valence electrons. The van der Waals surface area contributed by atoms with Crippen molar-refractivity contribution < 1.29 is 13.2 Å². The number of aromatic nitrogens is 2. The van der Waals surface area contributed by atoms with Gasteiger partial charge in [0, 0.05) is 30.9 Å². The summed E-state index contributed by atoms with van der Waals surface area (Å²) < 4.78 is 23.5. The van der Waals surface area contributed by atoms with Gasteiger partial charge in [-0.2, -0.15) is 0 Å². The van der Waals surface area contributed by atoms with Crippen LogP contribution in [0.15, 0.2) is 36.7 Å². The Labute approximate surface area is 159 Å². The zero-order valence-electron chi connectivity index (χ0n) is 15.4. The summed E-state index contributed by atoms with van der Waals surface area (Å²) >= 11 is 0. The number of rotatable bonds is 3.